The maximum atomic E-state index is 13.7. The van der Waals surface area contributed by atoms with Crippen molar-refractivity contribution in [2.75, 3.05) is 0 Å². The number of hydrogen-bond acceptors (Lipinski definition) is 3. The summed E-state index contributed by atoms with van der Waals surface area (Å²) in [5, 5.41) is 11.7. The highest BCUT2D eigenvalue weighted by molar-refractivity contribution is 9.10. The number of nitrogens with zero attached hydrogens (tertiary/aromatic N) is 1. The molecule has 0 spiro atoms. The van der Waals surface area contributed by atoms with Gasteiger partial charge in [-0.15, -0.1) is 11.3 Å². The van der Waals surface area contributed by atoms with E-state index >= 15 is 0 Å². The number of carbonyl (C=O) groups is 1. The van der Waals surface area contributed by atoms with Gasteiger partial charge in [-0.3, -0.25) is 0 Å². The number of hydrogen-bond donors (Lipinski definition) is 1. The second-order valence-corrected chi connectivity index (χ2v) is 6.95. The molecule has 21 heavy (non-hydrogen) atoms. The number of halogens is 3. The summed E-state index contributed by atoms with van der Waals surface area (Å²) in [4.78, 5) is 16.6. The molecule has 0 unspecified atom stereocenters. The largest absolute Gasteiger partial charge is 0.478 e. The van der Waals surface area contributed by atoms with Gasteiger partial charge in [0.05, 0.1) is 26.1 Å². The van der Waals surface area contributed by atoms with Crippen molar-refractivity contribution in [3.05, 3.63) is 50.0 Å². The number of thiophene rings is 1. The Morgan fingerprint density at radius 1 is 1.24 bits per heavy atom. The zero-order valence-corrected chi connectivity index (χ0v) is 14.2. The molecule has 0 aliphatic heterocycles. The number of fused-ring (bicyclic) bond motifs is 1. The summed E-state index contributed by atoms with van der Waals surface area (Å²) >= 11 is 7.85. The highest BCUT2D eigenvalue weighted by Crippen LogP contribution is 2.32. The zero-order chi connectivity index (χ0) is 15.1. The van der Waals surface area contributed by atoms with Crippen molar-refractivity contribution < 1.29 is 14.3 Å². The number of benzene rings is 1. The van der Waals surface area contributed by atoms with Crippen molar-refractivity contribution in [3.63, 3.8) is 0 Å². The van der Waals surface area contributed by atoms with Gasteiger partial charge in [-0.05, 0) is 50.1 Å². The fourth-order valence-corrected chi connectivity index (χ4v) is 3.70. The number of carboxylic acid groups (broad SMARTS) is 1. The lowest BCUT2D eigenvalue weighted by molar-refractivity contribution is 0.0699. The summed E-state index contributed by atoms with van der Waals surface area (Å²) in [6, 6.07) is 6.03. The predicted octanol–water partition coefficient (Wildman–Crippen LogP) is 5.33. The van der Waals surface area contributed by atoms with Gasteiger partial charge in [-0.2, -0.15) is 0 Å². The molecule has 0 amide bonds. The summed E-state index contributed by atoms with van der Waals surface area (Å²) in [5.41, 5.74) is 0.924. The van der Waals surface area contributed by atoms with Crippen LogP contribution in [-0.2, 0) is 0 Å². The molecule has 3 rings (SSSR count). The van der Waals surface area contributed by atoms with E-state index in [9.17, 15) is 14.3 Å². The summed E-state index contributed by atoms with van der Waals surface area (Å²) in [6.07, 6.45) is 0. The molecule has 0 saturated heterocycles. The SMILES string of the molecule is O=C(O)c1cc(-c2cc(Br)cs2)nc2cc(F)c(Br)cc12. The molecule has 0 fully saturated rings. The Balaban J connectivity index is 2.34. The standard InChI is InChI=1S/C14H6Br2FNO2S/c15-6-1-13(21-5-6)12-3-8(14(19)20)7-2-9(16)10(17)4-11(7)18-12/h1-5H,(H,19,20). The lowest BCUT2D eigenvalue weighted by Crippen LogP contribution is -2.00. The molecule has 0 saturated carbocycles. The van der Waals surface area contributed by atoms with Crippen LogP contribution in [0.3, 0.4) is 0 Å². The molecule has 1 aromatic carbocycles. The molecule has 3 nitrogen and oxygen atoms in total. The summed E-state index contributed by atoms with van der Waals surface area (Å²) in [5.74, 6) is -1.55. The minimum Gasteiger partial charge on any atom is -0.478 e. The Labute approximate surface area is 139 Å². The summed E-state index contributed by atoms with van der Waals surface area (Å²) < 4.78 is 14.8. The second-order valence-electron chi connectivity index (χ2n) is 4.27. The first-order chi connectivity index (χ1) is 9.95. The number of pyridine rings is 1. The maximum Gasteiger partial charge on any atom is 0.336 e. The van der Waals surface area contributed by atoms with Crippen LogP contribution in [0.5, 0.6) is 0 Å². The maximum absolute atomic E-state index is 13.7. The quantitative estimate of drug-likeness (QED) is 0.598. The topological polar surface area (TPSA) is 50.2 Å². The van der Waals surface area contributed by atoms with Gasteiger partial charge in [0.2, 0.25) is 0 Å². The monoisotopic (exact) mass is 429 g/mol. The van der Waals surface area contributed by atoms with Crippen molar-refractivity contribution in [2.45, 2.75) is 0 Å². The minimum absolute atomic E-state index is 0.0974. The zero-order valence-electron chi connectivity index (χ0n) is 10.2. The summed E-state index contributed by atoms with van der Waals surface area (Å²) in [6.45, 7) is 0. The van der Waals surface area contributed by atoms with Crippen LogP contribution < -0.4 is 0 Å². The minimum atomic E-state index is -1.07. The Hall–Kier alpha value is -1.31. The van der Waals surface area contributed by atoms with E-state index in [1.165, 1.54) is 29.5 Å². The third-order valence-corrected chi connectivity index (χ3v) is 5.22. The van der Waals surface area contributed by atoms with E-state index < -0.39 is 11.8 Å². The number of aromatic nitrogens is 1. The molecule has 0 radical (unpaired) electrons. The fraction of sp³-hybridized carbons (Fsp3) is 0. The van der Waals surface area contributed by atoms with Crippen LogP contribution in [0.2, 0.25) is 0 Å². The number of aromatic carboxylic acids is 1. The molecule has 0 aliphatic carbocycles. The smallest absolute Gasteiger partial charge is 0.336 e. The van der Waals surface area contributed by atoms with E-state index in [4.69, 9.17) is 0 Å². The van der Waals surface area contributed by atoms with Crippen LogP contribution in [0.1, 0.15) is 10.4 Å². The average Bonchev–Trinajstić information content (AvgIpc) is 2.85. The molecule has 2 heterocycles. The third-order valence-electron chi connectivity index (χ3n) is 2.90. The Morgan fingerprint density at radius 3 is 2.62 bits per heavy atom. The van der Waals surface area contributed by atoms with Gasteiger partial charge in [-0.1, -0.05) is 0 Å². The van der Waals surface area contributed by atoms with Crippen LogP contribution in [0, 0.1) is 5.82 Å². The molecular formula is C14H6Br2FNO2S. The molecular weight excluding hydrogens is 425 g/mol. The third kappa shape index (κ3) is 2.73. The van der Waals surface area contributed by atoms with Gasteiger partial charge in [0.1, 0.15) is 5.82 Å². The van der Waals surface area contributed by atoms with Crippen LogP contribution in [0.15, 0.2) is 38.6 Å². The fourth-order valence-electron chi connectivity index (χ4n) is 1.97. The van der Waals surface area contributed by atoms with Gasteiger partial charge in [0.25, 0.3) is 0 Å². The first kappa shape index (κ1) is 14.6. The van der Waals surface area contributed by atoms with E-state index in [0.717, 1.165) is 9.35 Å². The molecule has 106 valence electrons. The highest BCUT2D eigenvalue weighted by Gasteiger charge is 2.16. The van der Waals surface area contributed by atoms with Crippen molar-refractivity contribution in [3.8, 4) is 10.6 Å². The predicted molar refractivity (Wildman–Crippen MR) is 87.4 cm³/mol. The first-order valence-electron chi connectivity index (χ1n) is 5.73. The highest BCUT2D eigenvalue weighted by atomic mass is 79.9. The van der Waals surface area contributed by atoms with Gasteiger partial charge in [0, 0.05) is 21.3 Å². The molecule has 0 aliphatic rings. The molecule has 7 heteroatoms. The lowest BCUT2D eigenvalue weighted by Gasteiger charge is -2.07. The Morgan fingerprint density at radius 2 is 2.00 bits per heavy atom. The van der Waals surface area contributed by atoms with Crippen LogP contribution in [-0.4, -0.2) is 16.1 Å². The average molecular weight is 431 g/mol. The van der Waals surface area contributed by atoms with Crippen molar-refractivity contribution >= 4 is 60.1 Å². The van der Waals surface area contributed by atoms with E-state index in [1.807, 2.05) is 11.4 Å². The molecule has 0 bridgehead atoms. The Bertz CT molecular complexity index is 879. The Kier molecular flexibility index (Phi) is 3.81. The summed E-state index contributed by atoms with van der Waals surface area (Å²) in [7, 11) is 0. The van der Waals surface area contributed by atoms with Crippen LogP contribution in [0.4, 0.5) is 4.39 Å². The van der Waals surface area contributed by atoms with E-state index in [0.29, 0.717) is 16.6 Å². The van der Waals surface area contributed by atoms with Crippen LogP contribution >= 0.6 is 43.2 Å². The van der Waals surface area contributed by atoms with Gasteiger partial charge in [0.15, 0.2) is 0 Å². The van der Waals surface area contributed by atoms with Crippen molar-refractivity contribution in [2.24, 2.45) is 0 Å². The van der Waals surface area contributed by atoms with Gasteiger partial charge in [-0.25, -0.2) is 14.2 Å². The molecule has 1 N–H and O–H groups in total. The number of carboxylic acids is 1. The molecule has 2 aromatic heterocycles. The van der Waals surface area contributed by atoms with Gasteiger partial charge >= 0.3 is 5.97 Å². The van der Waals surface area contributed by atoms with E-state index in [-0.39, 0.29) is 10.0 Å². The molecule has 3 aromatic rings. The lowest BCUT2D eigenvalue weighted by atomic mass is 10.1. The van der Waals surface area contributed by atoms with Crippen molar-refractivity contribution in [1.82, 2.24) is 4.98 Å². The normalized spacial score (nSPS) is 11.0. The van der Waals surface area contributed by atoms with E-state index in [1.54, 1.807) is 0 Å². The first-order valence-corrected chi connectivity index (χ1v) is 8.20. The second kappa shape index (κ2) is 5.47. The van der Waals surface area contributed by atoms with Crippen molar-refractivity contribution in [1.29, 1.82) is 0 Å². The van der Waals surface area contributed by atoms with Gasteiger partial charge < -0.3 is 5.11 Å². The van der Waals surface area contributed by atoms with E-state index in [2.05, 4.69) is 36.8 Å². The number of rotatable bonds is 2. The molecule has 0 atom stereocenters. The van der Waals surface area contributed by atoms with Crippen LogP contribution in [0.25, 0.3) is 21.5 Å².